The van der Waals surface area contributed by atoms with Crippen molar-refractivity contribution in [3.8, 4) is 0 Å². The van der Waals surface area contributed by atoms with Gasteiger partial charge in [0.15, 0.2) is 0 Å². The molecule has 4 nitrogen and oxygen atoms in total. The molecule has 8 heteroatoms. The van der Waals surface area contributed by atoms with E-state index in [-0.39, 0.29) is 18.7 Å². The standard InChI is InChI=1S/C22H24F4N2O2/c1-15-6-2-3-9-18(15)19-10-5-11-28(19)21(29)27-17-8-4-7-16(12-17)13-30-14-22(25,26)20(23)24/h2-4,6-9,12,19-20H,5,10-11,13-14H2,1H3,(H,27,29). The SMILES string of the molecule is Cc1ccccc1C1CCCN1C(=O)Nc1cccc(COCC(F)(F)C(F)F)c1. The topological polar surface area (TPSA) is 41.6 Å². The third kappa shape index (κ3) is 5.30. The predicted octanol–water partition coefficient (Wildman–Crippen LogP) is 5.78. The summed E-state index contributed by atoms with van der Waals surface area (Å²) >= 11 is 0. The first-order chi connectivity index (χ1) is 14.3. The van der Waals surface area contributed by atoms with E-state index in [2.05, 4.69) is 5.32 Å². The van der Waals surface area contributed by atoms with Crippen molar-refractivity contribution in [2.75, 3.05) is 18.5 Å². The van der Waals surface area contributed by atoms with E-state index in [1.807, 2.05) is 31.2 Å². The van der Waals surface area contributed by atoms with Gasteiger partial charge in [-0.25, -0.2) is 13.6 Å². The molecule has 30 heavy (non-hydrogen) atoms. The molecule has 2 amide bonds. The van der Waals surface area contributed by atoms with Crippen molar-refractivity contribution in [3.05, 3.63) is 65.2 Å². The summed E-state index contributed by atoms with van der Waals surface area (Å²) in [7, 11) is 0. The molecule has 2 aromatic carbocycles. The van der Waals surface area contributed by atoms with Crippen LogP contribution in [-0.2, 0) is 11.3 Å². The Morgan fingerprint density at radius 2 is 2.00 bits per heavy atom. The first-order valence-electron chi connectivity index (χ1n) is 9.74. The maximum atomic E-state index is 12.9. The van der Waals surface area contributed by atoms with Crippen LogP contribution in [0, 0.1) is 6.92 Å². The molecule has 0 spiro atoms. The number of hydrogen-bond acceptors (Lipinski definition) is 2. The number of carbonyl (C=O) groups is 1. The number of hydrogen-bond donors (Lipinski definition) is 1. The Hall–Kier alpha value is -2.61. The van der Waals surface area contributed by atoms with Crippen LogP contribution in [0.25, 0.3) is 0 Å². The number of ether oxygens (including phenoxy) is 1. The summed E-state index contributed by atoms with van der Waals surface area (Å²) in [6, 6.07) is 14.2. The zero-order valence-electron chi connectivity index (χ0n) is 16.6. The normalized spacial score (nSPS) is 16.9. The van der Waals surface area contributed by atoms with E-state index in [1.54, 1.807) is 29.2 Å². The van der Waals surface area contributed by atoms with Crippen LogP contribution in [0.3, 0.4) is 0 Å². The third-order valence-corrected chi connectivity index (χ3v) is 5.12. The molecule has 2 aromatic rings. The maximum absolute atomic E-state index is 12.9. The number of nitrogens with zero attached hydrogens (tertiary/aromatic N) is 1. The zero-order valence-corrected chi connectivity index (χ0v) is 16.6. The van der Waals surface area contributed by atoms with Gasteiger partial charge in [0.2, 0.25) is 0 Å². The Morgan fingerprint density at radius 1 is 1.23 bits per heavy atom. The predicted molar refractivity (Wildman–Crippen MR) is 106 cm³/mol. The van der Waals surface area contributed by atoms with Crippen molar-refractivity contribution >= 4 is 11.7 Å². The van der Waals surface area contributed by atoms with Gasteiger partial charge in [-0.05, 0) is 48.6 Å². The third-order valence-electron chi connectivity index (χ3n) is 5.12. The first kappa shape index (κ1) is 22.1. The fourth-order valence-corrected chi connectivity index (χ4v) is 3.60. The number of rotatable bonds is 7. The van der Waals surface area contributed by atoms with Gasteiger partial charge in [0.05, 0.1) is 12.6 Å². The molecule has 1 unspecified atom stereocenters. The minimum Gasteiger partial charge on any atom is -0.370 e. The number of likely N-dealkylation sites (tertiary alicyclic amines) is 1. The van der Waals surface area contributed by atoms with Crippen LogP contribution in [-0.4, -0.2) is 36.4 Å². The van der Waals surface area contributed by atoms with Gasteiger partial charge in [0, 0.05) is 12.2 Å². The molecule has 0 radical (unpaired) electrons. The second kappa shape index (κ2) is 9.47. The monoisotopic (exact) mass is 424 g/mol. The fraction of sp³-hybridized carbons (Fsp3) is 0.409. The number of halogens is 4. The Bertz CT molecular complexity index is 876. The smallest absolute Gasteiger partial charge is 0.330 e. The van der Waals surface area contributed by atoms with E-state index < -0.39 is 19.0 Å². The molecule has 0 saturated carbocycles. The van der Waals surface area contributed by atoms with Crippen LogP contribution in [0.15, 0.2) is 48.5 Å². The molecule has 1 saturated heterocycles. The van der Waals surface area contributed by atoms with Crippen LogP contribution in [0.2, 0.25) is 0 Å². The highest BCUT2D eigenvalue weighted by molar-refractivity contribution is 5.90. The molecule has 0 aromatic heterocycles. The molecule has 1 atom stereocenters. The Kier molecular flexibility index (Phi) is 6.97. The van der Waals surface area contributed by atoms with Gasteiger partial charge in [-0.3, -0.25) is 0 Å². The van der Waals surface area contributed by atoms with Gasteiger partial charge in [-0.1, -0.05) is 36.4 Å². The second-order valence-corrected chi connectivity index (χ2v) is 7.39. The first-order valence-corrected chi connectivity index (χ1v) is 9.74. The average molecular weight is 424 g/mol. The number of nitrogens with one attached hydrogen (secondary N) is 1. The van der Waals surface area contributed by atoms with Crippen LogP contribution < -0.4 is 5.32 Å². The van der Waals surface area contributed by atoms with Crippen molar-refractivity contribution < 1.29 is 27.1 Å². The van der Waals surface area contributed by atoms with E-state index in [9.17, 15) is 22.4 Å². The highest BCUT2D eigenvalue weighted by Gasteiger charge is 2.40. The van der Waals surface area contributed by atoms with E-state index in [0.29, 0.717) is 17.8 Å². The van der Waals surface area contributed by atoms with Gasteiger partial charge in [-0.15, -0.1) is 0 Å². The molecule has 1 aliphatic heterocycles. The minimum absolute atomic E-state index is 0.00528. The number of alkyl halides is 4. The highest BCUT2D eigenvalue weighted by Crippen LogP contribution is 2.34. The molecule has 1 N–H and O–H groups in total. The van der Waals surface area contributed by atoms with Gasteiger partial charge in [0.1, 0.15) is 6.61 Å². The van der Waals surface area contributed by atoms with E-state index in [0.717, 1.165) is 24.0 Å². The van der Waals surface area contributed by atoms with Gasteiger partial charge < -0.3 is 15.0 Å². The van der Waals surface area contributed by atoms with Crippen molar-refractivity contribution in [1.82, 2.24) is 4.90 Å². The molecule has 162 valence electrons. The Labute approximate surface area is 172 Å². The number of anilines is 1. The van der Waals surface area contributed by atoms with Gasteiger partial charge >= 0.3 is 18.4 Å². The quantitative estimate of drug-likeness (QED) is 0.573. The van der Waals surface area contributed by atoms with Gasteiger partial charge in [0.25, 0.3) is 0 Å². The second-order valence-electron chi connectivity index (χ2n) is 7.39. The molecular formula is C22H24F4N2O2. The molecule has 0 bridgehead atoms. The zero-order chi connectivity index (χ0) is 21.7. The average Bonchev–Trinajstić information content (AvgIpc) is 3.18. The number of urea groups is 1. The van der Waals surface area contributed by atoms with Crippen LogP contribution in [0.4, 0.5) is 28.0 Å². The Balaban J connectivity index is 1.61. The summed E-state index contributed by atoms with van der Waals surface area (Å²) in [4.78, 5) is 14.6. The lowest BCUT2D eigenvalue weighted by atomic mass is 9.99. The summed E-state index contributed by atoms with van der Waals surface area (Å²) in [6.45, 7) is 1.02. The number of aryl methyl sites for hydroxylation is 1. The maximum Gasteiger partial charge on any atom is 0.330 e. The molecular weight excluding hydrogens is 400 g/mol. The van der Waals surface area contributed by atoms with Crippen molar-refractivity contribution in [2.45, 2.75) is 44.8 Å². The minimum atomic E-state index is -4.19. The lowest BCUT2D eigenvalue weighted by Gasteiger charge is -2.26. The van der Waals surface area contributed by atoms with Crippen LogP contribution >= 0.6 is 0 Å². The number of amides is 2. The highest BCUT2D eigenvalue weighted by atomic mass is 19.3. The summed E-state index contributed by atoms with van der Waals surface area (Å²) in [5.41, 5.74) is 3.22. The van der Waals surface area contributed by atoms with E-state index in [4.69, 9.17) is 4.74 Å². The van der Waals surface area contributed by atoms with E-state index >= 15 is 0 Å². The summed E-state index contributed by atoms with van der Waals surface area (Å²) in [5, 5.41) is 2.83. The van der Waals surface area contributed by atoms with Crippen LogP contribution in [0.1, 0.15) is 35.6 Å². The Morgan fingerprint density at radius 3 is 2.73 bits per heavy atom. The van der Waals surface area contributed by atoms with Crippen molar-refractivity contribution in [2.24, 2.45) is 0 Å². The number of benzene rings is 2. The van der Waals surface area contributed by atoms with Crippen LogP contribution in [0.5, 0.6) is 0 Å². The summed E-state index contributed by atoms with van der Waals surface area (Å²) in [5.74, 6) is -4.19. The molecule has 1 fully saturated rings. The summed E-state index contributed by atoms with van der Waals surface area (Å²) < 4.78 is 55.0. The van der Waals surface area contributed by atoms with E-state index in [1.165, 1.54) is 0 Å². The largest absolute Gasteiger partial charge is 0.370 e. The van der Waals surface area contributed by atoms with Gasteiger partial charge in [-0.2, -0.15) is 8.78 Å². The van der Waals surface area contributed by atoms with Crippen molar-refractivity contribution in [1.29, 1.82) is 0 Å². The molecule has 0 aliphatic carbocycles. The lowest BCUT2D eigenvalue weighted by molar-refractivity contribution is -0.168. The molecule has 1 heterocycles. The molecule has 1 aliphatic rings. The molecule has 3 rings (SSSR count). The fourth-order valence-electron chi connectivity index (χ4n) is 3.60. The lowest BCUT2D eigenvalue weighted by Crippen LogP contribution is -2.34. The van der Waals surface area contributed by atoms with Crippen molar-refractivity contribution in [3.63, 3.8) is 0 Å². The summed E-state index contributed by atoms with van der Waals surface area (Å²) in [6.07, 6.45) is -1.99. The number of carbonyl (C=O) groups excluding carboxylic acids is 1.